The summed E-state index contributed by atoms with van der Waals surface area (Å²) in [7, 11) is 0. The first-order chi connectivity index (χ1) is 19.0. The molecule has 0 aromatic heterocycles. The molecular weight excluding hydrogens is 516 g/mol. The Hall–Kier alpha value is -3.47. The third-order valence-corrected chi connectivity index (χ3v) is 7.99. The lowest BCUT2D eigenvalue weighted by Gasteiger charge is -2.39. The normalized spacial score (nSPS) is 22.7. The Balaban J connectivity index is 1.03. The van der Waals surface area contributed by atoms with Gasteiger partial charge in [-0.1, -0.05) is 0 Å². The monoisotopic (exact) mass is 554 g/mol. The number of amides is 5. The largest absolute Gasteiger partial charge is 0.488 e. The predicted molar refractivity (Wildman–Crippen MR) is 144 cm³/mol. The van der Waals surface area contributed by atoms with Crippen LogP contribution in [0.25, 0.3) is 0 Å². The van der Waals surface area contributed by atoms with Gasteiger partial charge in [0.1, 0.15) is 23.5 Å². The Morgan fingerprint density at radius 3 is 2.38 bits per heavy atom. The summed E-state index contributed by atoms with van der Waals surface area (Å²) < 4.78 is 11.6. The van der Waals surface area contributed by atoms with Gasteiger partial charge in [-0.2, -0.15) is 0 Å². The number of hydrogen-bond acceptors (Lipinski definition) is 8. The molecule has 4 heterocycles. The van der Waals surface area contributed by atoms with E-state index in [1.165, 1.54) is 0 Å². The van der Waals surface area contributed by atoms with Gasteiger partial charge in [0.2, 0.25) is 11.8 Å². The lowest BCUT2D eigenvalue weighted by Crippen LogP contribution is -2.54. The molecular formula is C29H38N4O7. The van der Waals surface area contributed by atoms with E-state index in [4.69, 9.17) is 9.47 Å². The third kappa shape index (κ3) is 6.14. The smallest absolute Gasteiger partial charge is 0.410 e. The molecule has 0 aliphatic carbocycles. The topological polar surface area (TPSA) is 126 Å². The molecule has 1 N–H and O–H groups in total. The fourth-order valence-corrected chi connectivity index (χ4v) is 5.83. The second-order valence-corrected chi connectivity index (χ2v) is 12.2. The lowest BCUT2D eigenvalue weighted by atomic mass is 9.92. The number of carbonyl (C=O) groups excluding carboxylic acids is 5. The zero-order valence-electron chi connectivity index (χ0n) is 23.4. The van der Waals surface area contributed by atoms with E-state index in [1.807, 2.05) is 25.7 Å². The van der Waals surface area contributed by atoms with E-state index in [9.17, 15) is 24.0 Å². The summed E-state index contributed by atoms with van der Waals surface area (Å²) in [5.41, 5.74) is -0.00172. The highest BCUT2D eigenvalue weighted by Gasteiger charge is 2.45. The Bertz CT molecular complexity index is 1200. The maximum absolute atomic E-state index is 13.0. The molecule has 3 fully saturated rings. The van der Waals surface area contributed by atoms with Gasteiger partial charge in [-0.15, -0.1) is 0 Å². The van der Waals surface area contributed by atoms with Gasteiger partial charge in [-0.25, -0.2) is 4.79 Å². The molecule has 0 saturated carbocycles. The number of benzene rings is 1. The van der Waals surface area contributed by atoms with E-state index in [0.717, 1.165) is 63.3 Å². The molecule has 1 aromatic carbocycles. The number of nitrogens with one attached hydrogen (secondary N) is 1. The van der Waals surface area contributed by atoms with Crippen molar-refractivity contribution < 1.29 is 33.4 Å². The highest BCUT2D eigenvalue weighted by atomic mass is 16.6. The van der Waals surface area contributed by atoms with Crippen LogP contribution in [0.4, 0.5) is 4.79 Å². The number of nitrogens with zero attached hydrogens (tertiary/aromatic N) is 3. The molecule has 1 atom stereocenters. The van der Waals surface area contributed by atoms with Crippen LogP contribution in [0.15, 0.2) is 18.2 Å². The average molecular weight is 555 g/mol. The Labute approximate surface area is 234 Å². The average Bonchev–Trinajstić information content (AvgIpc) is 3.11. The SMILES string of the molecule is CC(C)(C)OC(=O)N1CCC(CCCN2CC(Oc3ccc4c(c3)C(=O)N(C3CCC(=O)NC3=O)C4=O)C2)CC1. The zero-order valence-corrected chi connectivity index (χ0v) is 23.4. The molecule has 4 aliphatic heterocycles. The van der Waals surface area contributed by atoms with Crippen LogP contribution in [0.2, 0.25) is 0 Å². The van der Waals surface area contributed by atoms with Crippen molar-refractivity contribution in [1.82, 2.24) is 20.0 Å². The van der Waals surface area contributed by atoms with Crippen molar-refractivity contribution in [3.05, 3.63) is 29.3 Å². The summed E-state index contributed by atoms with van der Waals surface area (Å²) in [5, 5.41) is 2.20. The van der Waals surface area contributed by atoms with Crippen molar-refractivity contribution in [1.29, 1.82) is 0 Å². The molecule has 5 rings (SSSR count). The van der Waals surface area contributed by atoms with Gasteiger partial charge in [0.25, 0.3) is 11.8 Å². The van der Waals surface area contributed by atoms with Crippen molar-refractivity contribution in [3.63, 3.8) is 0 Å². The second kappa shape index (κ2) is 11.2. The van der Waals surface area contributed by atoms with Crippen molar-refractivity contribution in [2.45, 2.75) is 77.0 Å². The van der Waals surface area contributed by atoms with Crippen LogP contribution >= 0.6 is 0 Å². The molecule has 0 spiro atoms. The predicted octanol–water partition coefficient (Wildman–Crippen LogP) is 2.58. The summed E-state index contributed by atoms with van der Waals surface area (Å²) >= 11 is 0. The van der Waals surface area contributed by atoms with Gasteiger partial charge in [-0.05, 0) is 83.5 Å². The van der Waals surface area contributed by atoms with E-state index < -0.39 is 35.3 Å². The fourth-order valence-electron chi connectivity index (χ4n) is 5.83. The summed E-state index contributed by atoms with van der Waals surface area (Å²) in [6, 6.07) is 3.85. The molecule has 0 radical (unpaired) electrons. The molecule has 11 heteroatoms. The maximum Gasteiger partial charge on any atom is 0.410 e. The van der Waals surface area contributed by atoms with E-state index >= 15 is 0 Å². The van der Waals surface area contributed by atoms with Crippen molar-refractivity contribution >= 4 is 29.7 Å². The number of rotatable bonds is 7. The summed E-state index contributed by atoms with van der Waals surface area (Å²) in [5.74, 6) is -0.935. The molecule has 5 amide bonds. The molecule has 11 nitrogen and oxygen atoms in total. The van der Waals surface area contributed by atoms with E-state index in [1.54, 1.807) is 18.2 Å². The molecule has 1 aromatic rings. The number of fused-ring (bicyclic) bond motifs is 1. The lowest BCUT2D eigenvalue weighted by molar-refractivity contribution is -0.136. The molecule has 0 bridgehead atoms. The molecule has 4 aliphatic rings. The van der Waals surface area contributed by atoms with Crippen molar-refractivity contribution in [2.75, 3.05) is 32.7 Å². The van der Waals surface area contributed by atoms with Gasteiger partial charge in [0.15, 0.2) is 0 Å². The number of imide groups is 2. The highest BCUT2D eigenvalue weighted by Crippen LogP contribution is 2.31. The minimum absolute atomic E-state index is 0.00793. The Kier molecular flexibility index (Phi) is 7.85. The first kappa shape index (κ1) is 28.1. The van der Waals surface area contributed by atoms with Gasteiger partial charge in [0, 0.05) is 32.6 Å². The number of likely N-dealkylation sites (tertiary alicyclic amines) is 2. The second-order valence-electron chi connectivity index (χ2n) is 12.2. The minimum atomic E-state index is -0.979. The van der Waals surface area contributed by atoms with E-state index in [-0.39, 0.29) is 36.2 Å². The highest BCUT2D eigenvalue weighted by molar-refractivity contribution is 6.23. The maximum atomic E-state index is 13.0. The fraction of sp³-hybridized carbons (Fsp3) is 0.621. The zero-order chi connectivity index (χ0) is 28.6. The first-order valence-electron chi connectivity index (χ1n) is 14.2. The number of carbonyl (C=O) groups is 5. The molecule has 3 saturated heterocycles. The van der Waals surface area contributed by atoms with Crippen LogP contribution < -0.4 is 10.1 Å². The Morgan fingerprint density at radius 2 is 1.70 bits per heavy atom. The Morgan fingerprint density at radius 1 is 1.00 bits per heavy atom. The van der Waals surface area contributed by atoms with Crippen LogP contribution in [-0.4, -0.2) is 94.9 Å². The number of piperidine rings is 2. The number of ether oxygens (including phenoxy) is 2. The van der Waals surface area contributed by atoms with Crippen molar-refractivity contribution in [3.8, 4) is 5.75 Å². The summed E-state index contributed by atoms with van der Waals surface area (Å²) in [4.78, 5) is 66.9. The summed E-state index contributed by atoms with van der Waals surface area (Å²) in [6.07, 6.45) is 4.24. The van der Waals surface area contributed by atoms with Gasteiger partial charge in [-0.3, -0.25) is 34.3 Å². The number of hydrogen-bond donors (Lipinski definition) is 1. The van der Waals surface area contributed by atoms with E-state index in [2.05, 4.69) is 10.2 Å². The third-order valence-electron chi connectivity index (χ3n) is 7.99. The van der Waals surface area contributed by atoms with Gasteiger partial charge < -0.3 is 14.4 Å². The summed E-state index contributed by atoms with van der Waals surface area (Å²) in [6.45, 7) is 9.74. The van der Waals surface area contributed by atoms with Crippen LogP contribution in [0.3, 0.4) is 0 Å². The van der Waals surface area contributed by atoms with Gasteiger partial charge >= 0.3 is 6.09 Å². The van der Waals surface area contributed by atoms with Crippen LogP contribution in [-0.2, 0) is 14.3 Å². The van der Waals surface area contributed by atoms with Crippen LogP contribution in [0, 0.1) is 5.92 Å². The van der Waals surface area contributed by atoms with Crippen LogP contribution in [0.5, 0.6) is 5.75 Å². The first-order valence-corrected chi connectivity index (χ1v) is 14.2. The molecule has 1 unspecified atom stereocenters. The molecule has 216 valence electrons. The quantitative estimate of drug-likeness (QED) is 0.510. The van der Waals surface area contributed by atoms with Crippen molar-refractivity contribution in [2.24, 2.45) is 5.92 Å². The molecule has 40 heavy (non-hydrogen) atoms. The minimum Gasteiger partial charge on any atom is -0.488 e. The standard InChI is InChI=1S/C29H38N4O7/c1-29(2,3)40-28(38)32-13-10-18(11-14-32)5-4-12-31-16-20(17-31)39-19-6-7-21-22(15-19)27(37)33(26(21)36)23-8-9-24(34)30-25(23)35/h6-7,15,18,20,23H,4-5,8-14,16-17H2,1-3H3,(H,30,34,35). The van der Waals surface area contributed by atoms with Crippen LogP contribution in [0.1, 0.15) is 80.0 Å². The van der Waals surface area contributed by atoms with E-state index in [0.29, 0.717) is 11.7 Å². The van der Waals surface area contributed by atoms with Gasteiger partial charge in [0.05, 0.1) is 11.1 Å².